The molecule has 2 aliphatic rings. The van der Waals surface area contributed by atoms with Gasteiger partial charge in [0.2, 0.25) is 5.91 Å². The number of carbonyl (C=O) groups is 1. The van der Waals surface area contributed by atoms with E-state index < -0.39 is 0 Å². The minimum absolute atomic E-state index is 0.169. The van der Waals surface area contributed by atoms with Gasteiger partial charge in [-0.25, -0.2) is 0 Å². The van der Waals surface area contributed by atoms with Gasteiger partial charge >= 0.3 is 0 Å². The van der Waals surface area contributed by atoms with Gasteiger partial charge < -0.3 is 10.6 Å². The first-order valence-corrected chi connectivity index (χ1v) is 9.32. The molecule has 2 N–H and O–H groups in total. The number of aromatic nitrogens is 2. The van der Waals surface area contributed by atoms with Gasteiger partial charge in [-0.05, 0) is 37.2 Å². The number of carbonyl (C=O) groups excluding carboxylic acids is 1. The molecule has 2 fully saturated rings. The van der Waals surface area contributed by atoms with Gasteiger partial charge in [0.05, 0.1) is 12.7 Å². The highest BCUT2D eigenvalue weighted by Crippen LogP contribution is 2.32. The third-order valence-electron chi connectivity index (χ3n) is 5.41. The Balaban J connectivity index is 1.23. The van der Waals surface area contributed by atoms with E-state index in [9.17, 15) is 4.79 Å². The van der Waals surface area contributed by atoms with Crippen molar-refractivity contribution in [1.29, 1.82) is 0 Å². The molecular formula is C20H26N4O. The summed E-state index contributed by atoms with van der Waals surface area (Å²) in [6.07, 6.45) is 9.38. The van der Waals surface area contributed by atoms with Crippen LogP contribution < -0.4 is 10.6 Å². The van der Waals surface area contributed by atoms with Crippen molar-refractivity contribution >= 4 is 5.91 Å². The lowest BCUT2D eigenvalue weighted by atomic mass is 9.89. The third-order valence-corrected chi connectivity index (χ3v) is 5.41. The standard InChI is InChI=1S/C20H26N4O/c25-20(10-16-8-18-6-7-19(9-16)23-18)21-11-17-12-22-24(14-17)13-15-4-2-1-3-5-15/h1-5,12,14,16,18-19,23H,6-11,13H2,(H,21,25). The number of piperidine rings is 1. The van der Waals surface area contributed by atoms with Crippen molar-refractivity contribution in [1.82, 2.24) is 20.4 Å². The molecule has 132 valence electrons. The highest BCUT2D eigenvalue weighted by Gasteiger charge is 2.34. The fourth-order valence-corrected chi connectivity index (χ4v) is 4.23. The lowest BCUT2D eigenvalue weighted by molar-refractivity contribution is -0.122. The van der Waals surface area contributed by atoms with Gasteiger partial charge in [0.25, 0.3) is 0 Å². The molecule has 2 unspecified atom stereocenters. The van der Waals surface area contributed by atoms with Crippen molar-refractivity contribution in [2.75, 3.05) is 0 Å². The summed E-state index contributed by atoms with van der Waals surface area (Å²) < 4.78 is 1.92. The molecule has 2 bridgehead atoms. The van der Waals surface area contributed by atoms with Crippen LogP contribution in [0.2, 0.25) is 0 Å². The first-order valence-electron chi connectivity index (χ1n) is 9.32. The molecule has 2 aromatic rings. The van der Waals surface area contributed by atoms with Crippen LogP contribution in [-0.2, 0) is 17.9 Å². The summed E-state index contributed by atoms with van der Waals surface area (Å²) >= 11 is 0. The van der Waals surface area contributed by atoms with Crippen LogP contribution in [0.1, 0.15) is 43.2 Å². The molecule has 25 heavy (non-hydrogen) atoms. The summed E-state index contributed by atoms with van der Waals surface area (Å²) in [5, 5.41) is 11.1. The molecule has 0 spiro atoms. The number of fused-ring (bicyclic) bond motifs is 2. The zero-order valence-electron chi connectivity index (χ0n) is 14.5. The van der Waals surface area contributed by atoms with Crippen LogP contribution in [-0.4, -0.2) is 27.8 Å². The Labute approximate surface area is 148 Å². The zero-order valence-corrected chi connectivity index (χ0v) is 14.5. The van der Waals surface area contributed by atoms with Gasteiger partial charge in [-0.2, -0.15) is 5.10 Å². The lowest BCUT2D eigenvalue weighted by Crippen LogP contribution is -2.39. The van der Waals surface area contributed by atoms with Crippen LogP contribution in [0.5, 0.6) is 0 Å². The van der Waals surface area contributed by atoms with Gasteiger partial charge in [-0.15, -0.1) is 0 Å². The smallest absolute Gasteiger partial charge is 0.220 e. The Morgan fingerprint density at radius 1 is 1.16 bits per heavy atom. The fourth-order valence-electron chi connectivity index (χ4n) is 4.23. The van der Waals surface area contributed by atoms with Gasteiger partial charge in [-0.3, -0.25) is 9.48 Å². The second-order valence-electron chi connectivity index (χ2n) is 7.49. The second kappa shape index (κ2) is 7.40. The van der Waals surface area contributed by atoms with E-state index in [4.69, 9.17) is 0 Å². The lowest BCUT2D eigenvalue weighted by Gasteiger charge is -2.28. The highest BCUT2D eigenvalue weighted by molar-refractivity contribution is 5.76. The Morgan fingerprint density at radius 3 is 2.68 bits per heavy atom. The first kappa shape index (κ1) is 16.3. The predicted molar refractivity (Wildman–Crippen MR) is 96.9 cm³/mol. The van der Waals surface area contributed by atoms with Gasteiger partial charge in [-0.1, -0.05) is 30.3 Å². The van der Waals surface area contributed by atoms with E-state index in [1.807, 2.05) is 35.3 Å². The molecule has 0 saturated carbocycles. The number of hydrogen-bond donors (Lipinski definition) is 2. The molecule has 3 heterocycles. The number of amides is 1. The number of nitrogens with zero attached hydrogens (tertiary/aromatic N) is 2. The van der Waals surface area contributed by atoms with E-state index in [-0.39, 0.29) is 5.91 Å². The summed E-state index contributed by atoms with van der Waals surface area (Å²) in [6, 6.07) is 11.6. The summed E-state index contributed by atoms with van der Waals surface area (Å²) in [6.45, 7) is 1.32. The van der Waals surface area contributed by atoms with E-state index >= 15 is 0 Å². The second-order valence-corrected chi connectivity index (χ2v) is 7.49. The average Bonchev–Trinajstić information content (AvgIpc) is 3.20. The maximum absolute atomic E-state index is 12.3. The van der Waals surface area contributed by atoms with Gasteiger partial charge in [0.15, 0.2) is 0 Å². The molecule has 0 radical (unpaired) electrons. The Bertz CT molecular complexity index is 699. The summed E-state index contributed by atoms with van der Waals surface area (Å²) in [4.78, 5) is 12.3. The van der Waals surface area contributed by atoms with Crippen molar-refractivity contribution < 1.29 is 4.79 Å². The molecule has 5 heteroatoms. The van der Waals surface area contributed by atoms with Crippen molar-refractivity contribution in [3.63, 3.8) is 0 Å². The molecule has 1 aromatic carbocycles. The Kier molecular flexibility index (Phi) is 4.83. The van der Waals surface area contributed by atoms with Crippen LogP contribution in [0.3, 0.4) is 0 Å². The summed E-state index contributed by atoms with van der Waals surface area (Å²) in [5.74, 6) is 0.710. The van der Waals surface area contributed by atoms with Crippen molar-refractivity contribution in [3.05, 3.63) is 53.9 Å². The number of rotatable bonds is 6. The van der Waals surface area contributed by atoms with Crippen LogP contribution in [0.25, 0.3) is 0 Å². The Hall–Kier alpha value is -2.14. The maximum atomic E-state index is 12.3. The Morgan fingerprint density at radius 2 is 1.92 bits per heavy atom. The van der Waals surface area contributed by atoms with Crippen LogP contribution in [0.4, 0.5) is 0 Å². The van der Waals surface area contributed by atoms with Crippen LogP contribution in [0.15, 0.2) is 42.7 Å². The van der Waals surface area contributed by atoms with E-state index in [0.717, 1.165) is 24.9 Å². The number of benzene rings is 1. The van der Waals surface area contributed by atoms with Gasteiger partial charge in [0.1, 0.15) is 0 Å². The average molecular weight is 338 g/mol. The minimum Gasteiger partial charge on any atom is -0.352 e. The molecule has 5 nitrogen and oxygen atoms in total. The molecular weight excluding hydrogens is 312 g/mol. The maximum Gasteiger partial charge on any atom is 0.220 e. The monoisotopic (exact) mass is 338 g/mol. The molecule has 4 rings (SSSR count). The highest BCUT2D eigenvalue weighted by atomic mass is 16.1. The van der Waals surface area contributed by atoms with Crippen LogP contribution in [0, 0.1) is 5.92 Å². The van der Waals surface area contributed by atoms with E-state index in [0.29, 0.717) is 31.0 Å². The molecule has 1 amide bonds. The first-order chi connectivity index (χ1) is 12.2. The third kappa shape index (κ3) is 4.28. The quantitative estimate of drug-likeness (QED) is 0.851. The van der Waals surface area contributed by atoms with Gasteiger partial charge in [0, 0.05) is 36.8 Å². The minimum atomic E-state index is 0.169. The normalized spacial score (nSPS) is 25.0. The molecule has 2 saturated heterocycles. The van der Waals surface area contributed by atoms with Crippen molar-refractivity contribution in [3.8, 4) is 0 Å². The molecule has 2 aliphatic heterocycles. The summed E-state index contributed by atoms with van der Waals surface area (Å²) in [7, 11) is 0. The van der Waals surface area contributed by atoms with Crippen molar-refractivity contribution in [2.45, 2.75) is 57.3 Å². The van der Waals surface area contributed by atoms with E-state index in [1.54, 1.807) is 0 Å². The molecule has 0 aliphatic carbocycles. The largest absolute Gasteiger partial charge is 0.352 e. The topological polar surface area (TPSA) is 59.0 Å². The summed E-state index contributed by atoms with van der Waals surface area (Å²) in [5.41, 5.74) is 2.27. The fraction of sp³-hybridized carbons (Fsp3) is 0.500. The number of hydrogen-bond acceptors (Lipinski definition) is 3. The van der Waals surface area contributed by atoms with Crippen LogP contribution >= 0.6 is 0 Å². The predicted octanol–water partition coefficient (Wildman–Crippen LogP) is 2.47. The van der Waals surface area contributed by atoms with Crippen molar-refractivity contribution in [2.24, 2.45) is 5.92 Å². The zero-order chi connectivity index (χ0) is 17.1. The number of nitrogens with one attached hydrogen (secondary N) is 2. The van der Waals surface area contributed by atoms with E-state index in [2.05, 4.69) is 27.9 Å². The molecule has 1 aromatic heterocycles. The molecule has 2 atom stereocenters. The van der Waals surface area contributed by atoms with E-state index in [1.165, 1.54) is 18.4 Å². The SMILES string of the molecule is O=C(CC1CC2CCC(C1)N2)NCc1cnn(Cc2ccccc2)c1.